The number of benzene rings is 2. The van der Waals surface area contributed by atoms with E-state index in [0.29, 0.717) is 16.3 Å². The molecule has 0 atom stereocenters. The molecule has 0 fully saturated rings. The molecule has 0 aliphatic carbocycles. The topological polar surface area (TPSA) is 98.0 Å². The monoisotopic (exact) mass is 386 g/mol. The fraction of sp³-hybridized carbons (Fsp3) is 0. The van der Waals surface area contributed by atoms with E-state index in [-0.39, 0.29) is 21.6 Å². The molecule has 0 bridgehead atoms. The number of carbonyl (C=O) groups is 1. The molecule has 26 heavy (non-hydrogen) atoms. The molecule has 1 amide bonds. The van der Waals surface area contributed by atoms with Crippen LogP contribution in [-0.2, 0) is 0 Å². The highest BCUT2D eigenvalue weighted by atomic mass is 35.5. The number of para-hydroxylation sites is 1. The molecular weight excluding hydrogens is 376 g/mol. The first kappa shape index (κ1) is 17.7. The molecule has 3 rings (SSSR count). The standard InChI is InChI=1S/C17H11ClN4O3S/c18-14(10-11-6-8-13(9-7-11)22(24)25)16-20-21-17(26-16)15(23)19-12-4-2-1-3-5-12/h1-10H,(H,19,23). The summed E-state index contributed by atoms with van der Waals surface area (Å²) in [4.78, 5) is 22.4. The fourth-order valence-electron chi connectivity index (χ4n) is 2.02. The van der Waals surface area contributed by atoms with Gasteiger partial charge in [0.15, 0.2) is 5.01 Å². The van der Waals surface area contributed by atoms with Gasteiger partial charge >= 0.3 is 0 Å². The number of hydrogen-bond acceptors (Lipinski definition) is 6. The predicted molar refractivity (Wildman–Crippen MR) is 101 cm³/mol. The number of nitro groups is 1. The molecule has 0 aliphatic rings. The zero-order valence-corrected chi connectivity index (χ0v) is 14.7. The lowest BCUT2D eigenvalue weighted by molar-refractivity contribution is -0.384. The van der Waals surface area contributed by atoms with Crippen LogP contribution in [0, 0.1) is 10.1 Å². The average molecular weight is 387 g/mol. The maximum absolute atomic E-state index is 12.2. The lowest BCUT2D eigenvalue weighted by atomic mass is 10.2. The molecule has 0 saturated heterocycles. The highest BCUT2D eigenvalue weighted by molar-refractivity contribution is 7.15. The third-order valence-corrected chi connectivity index (χ3v) is 4.61. The number of carbonyl (C=O) groups excluding carboxylic acids is 1. The zero-order chi connectivity index (χ0) is 18.5. The van der Waals surface area contributed by atoms with E-state index in [4.69, 9.17) is 11.6 Å². The minimum Gasteiger partial charge on any atom is -0.320 e. The maximum atomic E-state index is 12.2. The number of non-ortho nitro benzene ring substituents is 1. The lowest BCUT2D eigenvalue weighted by Gasteiger charge is -2.00. The first-order chi connectivity index (χ1) is 12.5. The molecule has 130 valence electrons. The molecular formula is C17H11ClN4O3S. The Morgan fingerprint density at radius 1 is 1.08 bits per heavy atom. The molecule has 1 aromatic heterocycles. The summed E-state index contributed by atoms with van der Waals surface area (Å²) in [5, 5.41) is 22.0. The number of rotatable bonds is 5. The number of nitro benzene ring substituents is 1. The van der Waals surface area contributed by atoms with Crippen molar-refractivity contribution < 1.29 is 9.72 Å². The van der Waals surface area contributed by atoms with E-state index < -0.39 is 4.92 Å². The molecule has 2 aromatic carbocycles. The predicted octanol–water partition coefficient (Wildman–Crippen LogP) is 4.44. The zero-order valence-electron chi connectivity index (χ0n) is 13.1. The second-order valence-electron chi connectivity index (χ2n) is 5.07. The van der Waals surface area contributed by atoms with E-state index in [9.17, 15) is 14.9 Å². The Kier molecular flexibility index (Phi) is 5.35. The van der Waals surface area contributed by atoms with Crippen molar-refractivity contribution in [2.45, 2.75) is 0 Å². The Morgan fingerprint density at radius 2 is 1.73 bits per heavy atom. The third kappa shape index (κ3) is 4.29. The van der Waals surface area contributed by atoms with Crippen LogP contribution < -0.4 is 5.32 Å². The first-order valence-corrected chi connectivity index (χ1v) is 8.54. The van der Waals surface area contributed by atoms with Gasteiger partial charge in [-0.05, 0) is 35.9 Å². The van der Waals surface area contributed by atoms with Gasteiger partial charge in [-0.1, -0.05) is 41.1 Å². The van der Waals surface area contributed by atoms with Crippen molar-refractivity contribution in [1.82, 2.24) is 10.2 Å². The summed E-state index contributed by atoms with van der Waals surface area (Å²) < 4.78 is 0. The molecule has 0 saturated carbocycles. The van der Waals surface area contributed by atoms with Crippen LogP contribution in [0.3, 0.4) is 0 Å². The minimum atomic E-state index is -0.475. The second kappa shape index (κ2) is 7.85. The average Bonchev–Trinajstić information content (AvgIpc) is 3.13. The smallest absolute Gasteiger partial charge is 0.286 e. The van der Waals surface area contributed by atoms with Gasteiger partial charge in [0.1, 0.15) is 0 Å². The van der Waals surface area contributed by atoms with Crippen molar-refractivity contribution >= 4 is 51.3 Å². The SMILES string of the molecule is O=C(Nc1ccccc1)c1nnc(C(Cl)=Cc2ccc([N+](=O)[O-])cc2)s1. The van der Waals surface area contributed by atoms with Crippen molar-refractivity contribution in [3.05, 3.63) is 80.3 Å². The molecule has 0 unspecified atom stereocenters. The molecule has 3 aromatic rings. The van der Waals surface area contributed by atoms with Crippen LogP contribution in [0.4, 0.5) is 11.4 Å². The molecule has 1 N–H and O–H groups in total. The largest absolute Gasteiger partial charge is 0.320 e. The Hall–Kier alpha value is -3.10. The van der Waals surface area contributed by atoms with E-state index in [2.05, 4.69) is 15.5 Å². The van der Waals surface area contributed by atoms with Gasteiger partial charge in [0.05, 0.1) is 9.96 Å². The molecule has 1 heterocycles. The van der Waals surface area contributed by atoms with Crippen LogP contribution in [0.15, 0.2) is 54.6 Å². The van der Waals surface area contributed by atoms with Crippen molar-refractivity contribution in [2.75, 3.05) is 5.32 Å². The molecule has 0 radical (unpaired) electrons. The minimum absolute atomic E-state index is 0.00550. The number of nitrogens with zero attached hydrogens (tertiary/aromatic N) is 3. The lowest BCUT2D eigenvalue weighted by Crippen LogP contribution is -2.11. The number of nitrogens with one attached hydrogen (secondary N) is 1. The van der Waals surface area contributed by atoms with Gasteiger partial charge in [0.25, 0.3) is 11.6 Å². The Bertz CT molecular complexity index is 971. The summed E-state index contributed by atoms with van der Waals surface area (Å²) in [6.45, 7) is 0. The van der Waals surface area contributed by atoms with Crippen LogP contribution in [0.1, 0.15) is 20.4 Å². The summed E-state index contributed by atoms with van der Waals surface area (Å²) in [5.41, 5.74) is 1.32. The summed E-state index contributed by atoms with van der Waals surface area (Å²) >= 11 is 7.28. The van der Waals surface area contributed by atoms with Gasteiger partial charge in [0.2, 0.25) is 5.01 Å². The van der Waals surface area contributed by atoms with E-state index >= 15 is 0 Å². The summed E-state index contributed by atoms with van der Waals surface area (Å²) in [6.07, 6.45) is 1.60. The van der Waals surface area contributed by atoms with Crippen molar-refractivity contribution in [1.29, 1.82) is 0 Å². The molecule has 0 spiro atoms. The fourth-order valence-corrected chi connectivity index (χ4v) is 2.94. The van der Waals surface area contributed by atoms with Crippen LogP contribution in [0.25, 0.3) is 11.1 Å². The Morgan fingerprint density at radius 3 is 2.38 bits per heavy atom. The van der Waals surface area contributed by atoms with Crippen molar-refractivity contribution in [2.24, 2.45) is 0 Å². The van der Waals surface area contributed by atoms with Gasteiger partial charge in [-0.3, -0.25) is 14.9 Å². The van der Waals surface area contributed by atoms with E-state index in [1.54, 1.807) is 30.3 Å². The Labute approximate surface area is 157 Å². The second-order valence-corrected chi connectivity index (χ2v) is 6.46. The van der Waals surface area contributed by atoms with Crippen LogP contribution >= 0.6 is 22.9 Å². The molecule has 0 aliphatic heterocycles. The van der Waals surface area contributed by atoms with Crippen LogP contribution in [0.5, 0.6) is 0 Å². The van der Waals surface area contributed by atoms with Gasteiger partial charge in [-0.2, -0.15) is 0 Å². The van der Waals surface area contributed by atoms with Gasteiger partial charge in [-0.15, -0.1) is 10.2 Å². The Balaban J connectivity index is 1.73. The number of halogens is 1. The van der Waals surface area contributed by atoms with Gasteiger partial charge < -0.3 is 5.32 Å². The maximum Gasteiger partial charge on any atom is 0.286 e. The first-order valence-electron chi connectivity index (χ1n) is 7.35. The summed E-state index contributed by atoms with van der Waals surface area (Å²) in [7, 11) is 0. The van der Waals surface area contributed by atoms with Crippen molar-refractivity contribution in [3.63, 3.8) is 0 Å². The highest BCUT2D eigenvalue weighted by Crippen LogP contribution is 2.26. The number of anilines is 1. The highest BCUT2D eigenvalue weighted by Gasteiger charge is 2.15. The van der Waals surface area contributed by atoms with E-state index in [1.165, 1.54) is 12.1 Å². The molecule has 9 heteroatoms. The number of hydrogen-bond donors (Lipinski definition) is 1. The summed E-state index contributed by atoms with van der Waals surface area (Å²) in [5.74, 6) is -0.375. The van der Waals surface area contributed by atoms with Crippen LogP contribution in [0.2, 0.25) is 0 Å². The normalized spacial score (nSPS) is 11.2. The van der Waals surface area contributed by atoms with E-state index in [0.717, 1.165) is 11.3 Å². The van der Waals surface area contributed by atoms with Gasteiger partial charge in [-0.25, -0.2) is 0 Å². The van der Waals surface area contributed by atoms with E-state index in [1.807, 2.05) is 18.2 Å². The van der Waals surface area contributed by atoms with Crippen molar-refractivity contribution in [3.8, 4) is 0 Å². The number of aromatic nitrogens is 2. The van der Waals surface area contributed by atoms with Gasteiger partial charge in [0, 0.05) is 17.8 Å². The molecule has 7 nitrogen and oxygen atoms in total. The quantitative estimate of drug-likeness (QED) is 0.516. The summed E-state index contributed by atoms with van der Waals surface area (Å²) in [6, 6.07) is 14.9. The number of amides is 1. The van der Waals surface area contributed by atoms with Crippen LogP contribution in [-0.4, -0.2) is 21.0 Å². The third-order valence-electron chi connectivity index (χ3n) is 3.25.